The molecule has 37 heavy (non-hydrogen) atoms. The van der Waals surface area contributed by atoms with E-state index in [1.807, 2.05) is 60.7 Å². The van der Waals surface area contributed by atoms with Crippen molar-refractivity contribution in [3.05, 3.63) is 100 Å². The summed E-state index contributed by atoms with van der Waals surface area (Å²) in [4.78, 5) is 40.2. The molecule has 0 aliphatic carbocycles. The van der Waals surface area contributed by atoms with Crippen LogP contribution in [-0.2, 0) is 33.9 Å². The Kier molecular flexibility index (Phi) is 8.58. The van der Waals surface area contributed by atoms with E-state index in [1.54, 1.807) is 25.1 Å². The number of fused-ring (bicyclic) bond motifs is 1. The van der Waals surface area contributed by atoms with Crippen LogP contribution in [0, 0.1) is 0 Å². The number of nitrogens with one attached hydrogen (secondary N) is 2. The van der Waals surface area contributed by atoms with E-state index in [0.29, 0.717) is 5.69 Å². The summed E-state index contributed by atoms with van der Waals surface area (Å²) in [7, 11) is 0. The normalized spacial score (nSPS) is 16.3. The molecule has 0 aromatic heterocycles. The Bertz CT molecular complexity index is 1270. The molecule has 8 nitrogen and oxygen atoms in total. The van der Waals surface area contributed by atoms with E-state index in [9.17, 15) is 19.5 Å². The fourth-order valence-corrected chi connectivity index (χ4v) is 4.71. The number of ether oxygens (including phenoxy) is 1. The topological polar surface area (TPSA) is 108 Å². The van der Waals surface area contributed by atoms with Crippen molar-refractivity contribution in [1.29, 1.82) is 0 Å². The molecule has 0 saturated carbocycles. The second kappa shape index (κ2) is 12.0. The molecular formula is C28H28BrN3O5. The minimum atomic E-state index is -1.12. The number of hydrogen-bond acceptors (Lipinski definition) is 4. The summed E-state index contributed by atoms with van der Waals surface area (Å²) in [6.45, 7) is 2.05. The standard InChI is InChI=1S/C28H28BrN3O5/c1-18(37-17-19-8-3-2-4-9-19)25(31-28(36)30-23-13-7-12-22(29)15-23)26(33)32-16-21-11-6-5-10-20(21)14-24(32)27(34)35/h2-13,15,18,24-25H,14,16-17H2,1H3,(H,34,35)(H2,30,31,36)/t18?,24-,25?/m1/s1. The van der Waals surface area contributed by atoms with Crippen molar-refractivity contribution in [3.8, 4) is 0 Å². The number of carboxylic acid groups (broad SMARTS) is 1. The molecule has 1 heterocycles. The Morgan fingerprint density at radius 3 is 2.43 bits per heavy atom. The van der Waals surface area contributed by atoms with Gasteiger partial charge in [0.2, 0.25) is 5.91 Å². The molecule has 0 saturated heterocycles. The SMILES string of the molecule is CC(OCc1ccccc1)C(NC(=O)Nc1cccc(Br)c1)C(=O)N1Cc2ccccc2C[C@@H]1C(=O)O. The molecule has 2 unspecified atom stereocenters. The Morgan fingerprint density at radius 1 is 1.03 bits per heavy atom. The van der Waals surface area contributed by atoms with Crippen LogP contribution in [-0.4, -0.2) is 46.1 Å². The van der Waals surface area contributed by atoms with Gasteiger partial charge in [0.1, 0.15) is 12.1 Å². The van der Waals surface area contributed by atoms with E-state index < -0.39 is 36.1 Å². The minimum Gasteiger partial charge on any atom is -0.480 e. The molecule has 1 aliphatic rings. The van der Waals surface area contributed by atoms with Gasteiger partial charge in [-0.25, -0.2) is 9.59 Å². The van der Waals surface area contributed by atoms with Gasteiger partial charge in [-0.2, -0.15) is 0 Å². The Morgan fingerprint density at radius 2 is 1.73 bits per heavy atom. The lowest BCUT2D eigenvalue weighted by molar-refractivity contribution is -0.154. The number of carboxylic acids is 1. The third kappa shape index (κ3) is 6.75. The second-order valence-electron chi connectivity index (χ2n) is 8.88. The average molecular weight is 566 g/mol. The number of benzene rings is 3. The number of urea groups is 1. The summed E-state index contributed by atoms with van der Waals surface area (Å²) in [5, 5.41) is 15.4. The molecule has 0 fully saturated rings. The van der Waals surface area contributed by atoms with Gasteiger partial charge < -0.3 is 25.4 Å². The van der Waals surface area contributed by atoms with Crippen molar-refractivity contribution in [3.63, 3.8) is 0 Å². The lowest BCUT2D eigenvalue weighted by atomic mass is 9.93. The zero-order chi connectivity index (χ0) is 26.4. The van der Waals surface area contributed by atoms with Gasteiger partial charge >= 0.3 is 12.0 Å². The zero-order valence-corrected chi connectivity index (χ0v) is 21.9. The zero-order valence-electron chi connectivity index (χ0n) is 20.3. The third-order valence-corrected chi connectivity index (χ3v) is 6.77. The van der Waals surface area contributed by atoms with Gasteiger partial charge in [0.05, 0.1) is 12.7 Å². The molecule has 3 aromatic rings. The third-order valence-electron chi connectivity index (χ3n) is 6.28. The van der Waals surface area contributed by atoms with Crippen molar-refractivity contribution in [2.24, 2.45) is 0 Å². The van der Waals surface area contributed by atoms with Crippen LogP contribution in [0.4, 0.5) is 10.5 Å². The van der Waals surface area contributed by atoms with Gasteiger partial charge in [0, 0.05) is 23.1 Å². The number of anilines is 1. The van der Waals surface area contributed by atoms with E-state index in [0.717, 1.165) is 21.2 Å². The number of carbonyl (C=O) groups is 3. The highest BCUT2D eigenvalue weighted by Gasteiger charge is 2.40. The van der Waals surface area contributed by atoms with Crippen LogP contribution in [0.25, 0.3) is 0 Å². The Labute approximate surface area is 223 Å². The Hall–Kier alpha value is -3.69. The van der Waals surface area contributed by atoms with Crippen molar-refractivity contribution in [1.82, 2.24) is 10.2 Å². The fourth-order valence-electron chi connectivity index (χ4n) is 4.31. The lowest BCUT2D eigenvalue weighted by Crippen LogP contribution is -2.59. The summed E-state index contributed by atoms with van der Waals surface area (Å²) in [6.07, 6.45) is -0.555. The van der Waals surface area contributed by atoms with Crippen LogP contribution in [0.5, 0.6) is 0 Å². The highest BCUT2D eigenvalue weighted by atomic mass is 79.9. The van der Waals surface area contributed by atoms with Crippen molar-refractivity contribution in [2.45, 2.75) is 44.7 Å². The minimum absolute atomic E-state index is 0.128. The molecule has 0 radical (unpaired) electrons. The average Bonchev–Trinajstić information content (AvgIpc) is 2.89. The van der Waals surface area contributed by atoms with Crippen LogP contribution in [0.2, 0.25) is 0 Å². The van der Waals surface area contributed by atoms with Crippen LogP contribution < -0.4 is 10.6 Å². The molecule has 3 N–H and O–H groups in total. The van der Waals surface area contributed by atoms with E-state index in [2.05, 4.69) is 26.6 Å². The number of hydrogen-bond donors (Lipinski definition) is 3. The van der Waals surface area contributed by atoms with E-state index in [1.165, 1.54) is 4.90 Å². The number of nitrogens with zero attached hydrogens (tertiary/aromatic N) is 1. The van der Waals surface area contributed by atoms with Crippen LogP contribution in [0.3, 0.4) is 0 Å². The van der Waals surface area contributed by atoms with Crippen molar-refractivity contribution in [2.75, 3.05) is 5.32 Å². The van der Waals surface area contributed by atoms with E-state index in [-0.39, 0.29) is 19.6 Å². The maximum atomic E-state index is 13.9. The number of rotatable bonds is 8. The van der Waals surface area contributed by atoms with Gasteiger partial charge in [0.25, 0.3) is 0 Å². The van der Waals surface area contributed by atoms with E-state index in [4.69, 9.17) is 4.74 Å². The molecule has 4 rings (SSSR count). The molecule has 9 heteroatoms. The monoisotopic (exact) mass is 565 g/mol. The molecule has 192 valence electrons. The molecule has 3 aromatic carbocycles. The first kappa shape index (κ1) is 26.4. The van der Waals surface area contributed by atoms with E-state index >= 15 is 0 Å². The first-order chi connectivity index (χ1) is 17.8. The smallest absolute Gasteiger partial charge is 0.326 e. The molecule has 3 atom stereocenters. The highest BCUT2D eigenvalue weighted by molar-refractivity contribution is 9.10. The highest BCUT2D eigenvalue weighted by Crippen LogP contribution is 2.25. The summed E-state index contributed by atoms with van der Waals surface area (Å²) in [5.41, 5.74) is 3.22. The van der Waals surface area contributed by atoms with Gasteiger partial charge in [-0.1, -0.05) is 76.6 Å². The number of halogens is 1. The molecule has 3 amide bonds. The molecule has 0 bridgehead atoms. The summed E-state index contributed by atoms with van der Waals surface area (Å²) >= 11 is 3.37. The molecule has 0 spiro atoms. The molecular weight excluding hydrogens is 538 g/mol. The number of amides is 3. The predicted molar refractivity (Wildman–Crippen MR) is 143 cm³/mol. The molecule has 1 aliphatic heterocycles. The van der Waals surface area contributed by atoms with Gasteiger partial charge in [0.15, 0.2) is 0 Å². The maximum Gasteiger partial charge on any atom is 0.326 e. The Balaban J connectivity index is 1.57. The number of carbonyl (C=O) groups excluding carboxylic acids is 2. The van der Waals surface area contributed by atoms with Gasteiger partial charge in [-0.3, -0.25) is 4.79 Å². The maximum absolute atomic E-state index is 13.9. The van der Waals surface area contributed by atoms with Crippen molar-refractivity contribution >= 4 is 39.5 Å². The largest absolute Gasteiger partial charge is 0.480 e. The van der Waals surface area contributed by atoms with Crippen molar-refractivity contribution < 1.29 is 24.2 Å². The summed E-state index contributed by atoms with van der Waals surface area (Å²) in [5.74, 6) is -1.62. The second-order valence-corrected chi connectivity index (χ2v) is 9.80. The summed E-state index contributed by atoms with van der Waals surface area (Å²) < 4.78 is 6.78. The number of aliphatic carboxylic acids is 1. The first-order valence-corrected chi connectivity index (χ1v) is 12.7. The first-order valence-electron chi connectivity index (χ1n) is 11.9. The van der Waals surface area contributed by atoms with Crippen LogP contribution in [0.15, 0.2) is 83.3 Å². The fraction of sp³-hybridized carbons (Fsp3) is 0.250. The quantitative estimate of drug-likeness (QED) is 0.370. The summed E-state index contributed by atoms with van der Waals surface area (Å²) in [6, 6.07) is 21.2. The predicted octanol–water partition coefficient (Wildman–Crippen LogP) is 4.58. The van der Waals surface area contributed by atoms with Gasteiger partial charge in [-0.15, -0.1) is 0 Å². The van der Waals surface area contributed by atoms with Gasteiger partial charge in [-0.05, 0) is 41.8 Å². The lowest BCUT2D eigenvalue weighted by Gasteiger charge is -2.38. The van der Waals surface area contributed by atoms with Crippen LogP contribution in [0.1, 0.15) is 23.6 Å². The van der Waals surface area contributed by atoms with Crippen LogP contribution >= 0.6 is 15.9 Å².